The van der Waals surface area contributed by atoms with E-state index in [-0.39, 0.29) is 5.92 Å². The first-order chi connectivity index (χ1) is 7.70. The molecule has 0 aliphatic carbocycles. The predicted octanol–water partition coefficient (Wildman–Crippen LogP) is 1.18. The molecule has 1 aliphatic heterocycles. The molecule has 1 atom stereocenters. The van der Waals surface area contributed by atoms with Gasteiger partial charge in [0.15, 0.2) is 0 Å². The highest BCUT2D eigenvalue weighted by Crippen LogP contribution is 2.18. The van der Waals surface area contributed by atoms with Crippen molar-refractivity contribution in [2.75, 3.05) is 13.1 Å². The van der Waals surface area contributed by atoms with Gasteiger partial charge < -0.3 is 0 Å². The summed E-state index contributed by atoms with van der Waals surface area (Å²) in [6.45, 7) is 6.34. The number of aryl methyl sites for hydroxylation is 1. The predicted molar refractivity (Wildman–Crippen MR) is 57.7 cm³/mol. The highest BCUT2D eigenvalue weighted by Gasteiger charge is 2.26. The molecule has 0 spiro atoms. The van der Waals surface area contributed by atoms with Crippen molar-refractivity contribution >= 4 is 5.78 Å². The molecule has 0 N–H and O–H groups in total. The van der Waals surface area contributed by atoms with Crippen LogP contribution in [-0.2, 0) is 11.3 Å². The Balaban J connectivity index is 1.97. The van der Waals surface area contributed by atoms with Gasteiger partial charge >= 0.3 is 0 Å². The number of ketones is 1. The number of carbonyl (C=O) groups is 1. The van der Waals surface area contributed by atoms with E-state index in [1.54, 1.807) is 0 Å². The smallest absolute Gasteiger partial charge is 0.138 e. The fourth-order valence-electron chi connectivity index (χ4n) is 2.08. The molecule has 1 aromatic rings. The molecular formula is C11H17N3O2. The van der Waals surface area contributed by atoms with E-state index in [1.165, 1.54) is 0 Å². The number of rotatable bonds is 3. The summed E-state index contributed by atoms with van der Waals surface area (Å²) in [5.74, 6) is 0.586. The van der Waals surface area contributed by atoms with Crippen molar-refractivity contribution in [2.24, 2.45) is 5.92 Å². The van der Waals surface area contributed by atoms with Gasteiger partial charge in [0.25, 0.3) is 0 Å². The molecule has 16 heavy (non-hydrogen) atoms. The Labute approximate surface area is 94.8 Å². The van der Waals surface area contributed by atoms with Gasteiger partial charge in [-0.2, -0.15) is 0 Å². The molecule has 2 heterocycles. The van der Waals surface area contributed by atoms with E-state index in [4.69, 9.17) is 0 Å². The number of carbonyl (C=O) groups excluding carboxylic acids is 1. The Hall–Kier alpha value is -1.23. The highest BCUT2D eigenvalue weighted by atomic mass is 16.6. The number of piperidine rings is 1. The van der Waals surface area contributed by atoms with Gasteiger partial charge in [0, 0.05) is 32.0 Å². The number of hydrogen-bond donors (Lipinski definition) is 0. The summed E-state index contributed by atoms with van der Waals surface area (Å²) in [5, 5.41) is 7.62. The average Bonchev–Trinajstić information content (AvgIpc) is 2.67. The van der Waals surface area contributed by atoms with E-state index in [1.807, 2.05) is 6.92 Å². The number of aromatic nitrogens is 2. The lowest BCUT2D eigenvalue weighted by Gasteiger charge is -2.30. The summed E-state index contributed by atoms with van der Waals surface area (Å²) in [7, 11) is 0. The summed E-state index contributed by atoms with van der Waals surface area (Å²) in [4.78, 5) is 13.8. The van der Waals surface area contributed by atoms with Crippen molar-refractivity contribution in [1.29, 1.82) is 0 Å². The van der Waals surface area contributed by atoms with E-state index < -0.39 is 0 Å². The van der Waals surface area contributed by atoms with Crippen LogP contribution in [0.1, 0.15) is 31.2 Å². The van der Waals surface area contributed by atoms with Crippen LogP contribution in [0.25, 0.3) is 0 Å². The van der Waals surface area contributed by atoms with Crippen LogP contribution in [0, 0.1) is 12.8 Å². The van der Waals surface area contributed by atoms with E-state index in [0.717, 1.165) is 37.4 Å². The first-order valence-electron chi connectivity index (χ1n) is 5.73. The maximum absolute atomic E-state index is 11.6. The molecule has 1 aromatic heterocycles. The Morgan fingerprint density at radius 3 is 2.94 bits per heavy atom. The molecule has 0 bridgehead atoms. The van der Waals surface area contributed by atoms with Crippen LogP contribution in [0.15, 0.2) is 4.63 Å². The molecule has 1 unspecified atom stereocenters. The fraction of sp³-hybridized carbons (Fsp3) is 0.727. The molecule has 5 heteroatoms. The Morgan fingerprint density at radius 1 is 1.50 bits per heavy atom. The maximum atomic E-state index is 11.6. The van der Waals surface area contributed by atoms with Crippen molar-refractivity contribution in [3.8, 4) is 0 Å². The molecule has 0 saturated carbocycles. The van der Waals surface area contributed by atoms with Gasteiger partial charge in [0.05, 0.1) is 0 Å². The molecular weight excluding hydrogens is 206 g/mol. The van der Waals surface area contributed by atoms with Gasteiger partial charge in [-0.05, 0) is 13.3 Å². The van der Waals surface area contributed by atoms with Gasteiger partial charge in [-0.15, -0.1) is 0 Å². The number of Topliss-reactive ketones (excluding diaryl/α,β-unsaturated/α-hetero) is 1. The summed E-state index contributed by atoms with van der Waals surface area (Å²) in [5.41, 5.74) is 1.72. The van der Waals surface area contributed by atoms with Crippen LogP contribution in [0.5, 0.6) is 0 Å². The van der Waals surface area contributed by atoms with Crippen LogP contribution >= 0.6 is 0 Å². The minimum atomic E-state index is 0.189. The molecule has 1 fully saturated rings. The third-order valence-electron chi connectivity index (χ3n) is 3.22. The Morgan fingerprint density at radius 2 is 2.31 bits per heavy atom. The van der Waals surface area contributed by atoms with Crippen LogP contribution in [0.2, 0.25) is 0 Å². The van der Waals surface area contributed by atoms with Gasteiger partial charge in [-0.25, -0.2) is 4.63 Å². The van der Waals surface area contributed by atoms with E-state index >= 15 is 0 Å². The van der Waals surface area contributed by atoms with E-state index in [9.17, 15) is 4.79 Å². The van der Waals surface area contributed by atoms with Crippen molar-refractivity contribution in [1.82, 2.24) is 15.2 Å². The van der Waals surface area contributed by atoms with E-state index in [2.05, 4.69) is 26.8 Å². The minimum Gasteiger partial charge on any atom is -0.299 e. The summed E-state index contributed by atoms with van der Waals surface area (Å²) in [6.07, 6.45) is 1.58. The molecule has 0 amide bonds. The second kappa shape index (κ2) is 4.74. The zero-order valence-corrected chi connectivity index (χ0v) is 9.77. The molecule has 2 rings (SSSR count). The molecule has 1 saturated heterocycles. The zero-order chi connectivity index (χ0) is 11.5. The Bertz CT molecular complexity index is 375. The zero-order valence-electron chi connectivity index (χ0n) is 9.77. The molecule has 1 aliphatic rings. The van der Waals surface area contributed by atoms with Crippen LogP contribution in [0.3, 0.4) is 0 Å². The number of hydrogen-bond acceptors (Lipinski definition) is 5. The van der Waals surface area contributed by atoms with Crippen LogP contribution in [0.4, 0.5) is 0 Å². The normalized spacial score (nSPS) is 22.6. The van der Waals surface area contributed by atoms with Crippen molar-refractivity contribution in [3.63, 3.8) is 0 Å². The standard InChI is InChI=1S/C11H17N3O2/c1-3-9-6-14(5-4-11(9)15)7-10-8(2)12-16-13-10/h9H,3-7H2,1-2H3. The quantitative estimate of drug-likeness (QED) is 0.770. The maximum Gasteiger partial charge on any atom is 0.138 e. The van der Waals surface area contributed by atoms with Crippen LogP contribution < -0.4 is 0 Å². The van der Waals surface area contributed by atoms with Gasteiger partial charge in [0.2, 0.25) is 0 Å². The summed E-state index contributed by atoms with van der Waals surface area (Å²) in [6, 6.07) is 0. The fourth-order valence-corrected chi connectivity index (χ4v) is 2.08. The first kappa shape index (κ1) is 11.3. The average molecular weight is 223 g/mol. The molecule has 5 nitrogen and oxygen atoms in total. The third-order valence-corrected chi connectivity index (χ3v) is 3.22. The summed E-state index contributed by atoms with van der Waals surface area (Å²) >= 11 is 0. The lowest BCUT2D eigenvalue weighted by Crippen LogP contribution is -2.40. The Kier molecular flexibility index (Phi) is 3.33. The second-order valence-electron chi connectivity index (χ2n) is 4.35. The SMILES string of the molecule is CCC1CN(Cc2nonc2C)CCC1=O. The van der Waals surface area contributed by atoms with Crippen molar-refractivity contribution in [3.05, 3.63) is 11.4 Å². The highest BCUT2D eigenvalue weighted by molar-refractivity contribution is 5.82. The monoisotopic (exact) mass is 223 g/mol. The van der Waals surface area contributed by atoms with Gasteiger partial charge in [0.1, 0.15) is 17.2 Å². The minimum absolute atomic E-state index is 0.189. The lowest BCUT2D eigenvalue weighted by atomic mass is 9.94. The van der Waals surface area contributed by atoms with Crippen LogP contribution in [-0.4, -0.2) is 34.1 Å². The first-order valence-corrected chi connectivity index (χ1v) is 5.73. The topological polar surface area (TPSA) is 59.2 Å². The van der Waals surface area contributed by atoms with Crippen molar-refractivity contribution in [2.45, 2.75) is 33.2 Å². The summed E-state index contributed by atoms with van der Waals surface area (Å²) < 4.78 is 4.67. The third kappa shape index (κ3) is 2.29. The largest absolute Gasteiger partial charge is 0.299 e. The van der Waals surface area contributed by atoms with Gasteiger partial charge in [-0.1, -0.05) is 17.2 Å². The second-order valence-corrected chi connectivity index (χ2v) is 4.35. The van der Waals surface area contributed by atoms with E-state index in [0.29, 0.717) is 12.2 Å². The van der Waals surface area contributed by atoms with Gasteiger partial charge in [-0.3, -0.25) is 9.69 Å². The lowest BCUT2D eigenvalue weighted by molar-refractivity contribution is -0.126. The number of nitrogens with zero attached hydrogens (tertiary/aromatic N) is 3. The molecule has 0 aromatic carbocycles. The van der Waals surface area contributed by atoms with Crippen molar-refractivity contribution < 1.29 is 9.42 Å². The molecule has 0 radical (unpaired) electrons. The number of likely N-dealkylation sites (tertiary alicyclic amines) is 1. The molecule has 88 valence electrons.